The fourth-order valence-electron chi connectivity index (χ4n) is 4.42. The van der Waals surface area contributed by atoms with Gasteiger partial charge in [0.25, 0.3) is 5.56 Å². The topological polar surface area (TPSA) is 99.2 Å². The first-order chi connectivity index (χ1) is 15.0. The van der Waals surface area contributed by atoms with Crippen LogP contribution in [-0.4, -0.2) is 51.6 Å². The van der Waals surface area contributed by atoms with Gasteiger partial charge in [-0.25, -0.2) is 4.79 Å². The Balaban J connectivity index is 1.21. The zero-order valence-corrected chi connectivity index (χ0v) is 18.0. The number of aromatic nitrogens is 2. The maximum Gasteiger partial charge on any atom is 0.328 e. The van der Waals surface area contributed by atoms with E-state index in [1.165, 1.54) is 16.3 Å². The Morgan fingerprint density at radius 2 is 1.77 bits per heavy atom. The summed E-state index contributed by atoms with van der Waals surface area (Å²) in [6.45, 7) is 4.68. The maximum atomic E-state index is 12.4. The number of hydrogen-bond acceptors (Lipinski definition) is 5. The number of hydrogen-bond donors (Lipinski definition) is 3. The van der Waals surface area contributed by atoms with Gasteiger partial charge >= 0.3 is 5.69 Å². The lowest BCUT2D eigenvalue weighted by Crippen LogP contribution is -2.60. The van der Waals surface area contributed by atoms with E-state index in [0.29, 0.717) is 11.6 Å². The number of carbonyl (C=O) groups excluding carboxylic acids is 1. The number of H-pyrrole nitrogens is 1. The first-order valence-corrected chi connectivity index (χ1v) is 11.1. The van der Waals surface area contributed by atoms with E-state index in [-0.39, 0.29) is 24.5 Å². The molecule has 1 aromatic carbocycles. The average molecular weight is 426 g/mol. The first-order valence-electron chi connectivity index (χ1n) is 11.1. The van der Waals surface area contributed by atoms with Gasteiger partial charge in [0.05, 0.1) is 0 Å². The quantitative estimate of drug-likeness (QED) is 0.608. The normalized spacial score (nSPS) is 22.1. The number of likely N-dealkylation sites (tertiary alicyclic amines) is 1. The molecule has 1 saturated carbocycles. The van der Waals surface area contributed by atoms with Gasteiger partial charge in [0.15, 0.2) is 0 Å². The molecule has 4 rings (SSSR count). The van der Waals surface area contributed by atoms with Crippen LogP contribution in [0.2, 0.25) is 0 Å². The van der Waals surface area contributed by atoms with Gasteiger partial charge in [-0.05, 0) is 51.3 Å². The van der Waals surface area contributed by atoms with E-state index in [4.69, 9.17) is 0 Å². The predicted octanol–water partition coefficient (Wildman–Crippen LogP) is 0.746. The van der Waals surface area contributed by atoms with Crippen LogP contribution >= 0.6 is 0 Å². The molecule has 0 spiro atoms. The molecule has 3 N–H and O–H groups in total. The summed E-state index contributed by atoms with van der Waals surface area (Å²) in [5, 5.41) is 6.77. The Kier molecular flexibility index (Phi) is 6.67. The third kappa shape index (κ3) is 5.51. The number of nitrogens with one attached hydrogen (secondary N) is 3. The van der Waals surface area contributed by atoms with Gasteiger partial charge in [-0.2, -0.15) is 0 Å². The zero-order chi connectivity index (χ0) is 21.8. The van der Waals surface area contributed by atoms with Gasteiger partial charge in [-0.3, -0.25) is 24.0 Å². The van der Waals surface area contributed by atoms with E-state index in [1.807, 2.05) is 6.07 Å². The number of rotatable bonds is 7. The fraction of sp³-hybridized carbons (Fsp3) is 0.522. The van der Waals surface area contributed by atoms with Crippen molar-refractivity contribution >= 4 is 5.91 Å². The molecule has 31 heavy (non-hydrogen) atoms. The summed E-state index contributed by atoms with van der Waals surface area (Å²) in [5.74, 6) is -0.206. The molecule has 8 nitrogen and oxygen atoms in total. The Bertz CT molecular complexity index is 1010. The van der Waals surface area contributed by atoms with Crippen LogP contribution in [0.15, 0.2) is 46.1 Å². The summed E-state index contributed by atoms with van der Waals surface area (Å²) >= 11 is 0. The van der Waals surface area contributed by atoms with E-state index in [1.54, 1.807) is 6.92 Å². The van der Waals surface area contributed by atoms with Crippen LogP contribution < -0.4 is 21.9 Å². The summed E-state index contributed by atoms with van der Waals surface area (Å²) < 4.78 is 1.25. The Morgan fingerprint density at radius 3 is 2.45 bits per heavy atom. The van der Waals surface area contributed by atoms with Crippen molar-refractivity contribution < 1.29 is 4.79 Å². The van der Waals surface area contributed by atoms with E-state index in [0.717, 1.165) is 45.3 Å². The van der Waals surface area contributed by atoms with Gasteiger partial charge in [-0.15, -0.1) is 0 Å². The van der Waals surface area contributed by atoms with Crippen molar-refractivity contribution in [1.82, 2.24) is 25.1 Å². The largest absolute Gasteiger partial charge is 0.350 e. The van der Waals surface area contributed by atoms with Gasteiger partial charge in [0, 0.05) is 36.4 Å². The van der Waals surface area contributed by atoms with E-state index < -0.39 is 11.2 Å². The highest BCUT2D eigenvalue weighted by molar-refractivity contribution is 5.76. The molecule has 166 valence electrons. The summed E-state index contributed by atoms with van der Waals surface area (Å²) in [5.41, 5.74) is 0.790. The molecule has 0 bridgehead atoms. The Labute approximate surface area is 181 Å². The lowest BCUT2D eigenvalue weighted by molar-refractivity contribution is -0.123. The highest BCUT2D eigenvalue weighted by Gasteiger charge is 2.34. The van der Waals surface area contributed by atoms with Crippen molar-refractivity contribution in [3.63, 3.8) is 0 Å². The summed E-state index contributed by atoms with van der Waals surface area (Å²) in [7, 11) is 0. The lowest BCUT2D eigenvalue weighted by atomic mass is 9.85. The van der Waals surface area contributed by atoms with Crippen LogP contribution in [0.1, 0.15) is 36.8 Å². The number of piperidine rings is 1. The Morgan fingerprint density at radius 1 is 1.06 bits per heavy atom. The highest BCUT2D eigenvalue weighted by atomic mass is 16.2. The van der Waals surface area contributed by atoms with Gasteiger partial charge in [-0.1, -0.05) is 30.3 Å². The Hall–Kier alpha value is -2.71. The van der Waals surface area contributed by atoms with Crippen molar-refractivity contribution in [2.45, 2.75) is 63.8 Å². The number of nitrogens with zero attached hydrogens (tertiary/aromatic N) is 2. The molecule has 2 heterocycles. The van der Waals surface area contributed by atoms with Crippen molar-refractivity contribution in [2.75, 3.05) is 13.1 Å². The molecule has 1 amide bonds. The van der Waals surface area contributed by atoms with Gasteiger partial charge in [0.1, 0.15) is 6.54 Å². The van der Waals surface area contributed by atoms with Crippen LogP contribution in [0.3, 0.4) is 0 Å². The molecule has 2 aromatic rings. The molecule has 0 unspecified atom stereocenters. The van der Waals surface area contributed by atoms with E-state index in [9.17, 15) is 14.4 Å². The third-order valence-electron chi connectivity index (χ3n) is 6.41. The second-order valence-corrected chi connectivity index (χ2v) is 8.76. The SMILES string of the molecule is Cc1cn(CC(=O)N[C@H]2CC[C@H]2NC2CCN(Cc3ccccc3)CC2)c(=O)[nH]c1=O. The minimum atomic E-state index is -0.559. The van der Waals surface area contributed by atoms with Gasteiger partial charge in [0.2, 0.25) is 5.91 Å². The molecule has 1 aliphatic heterocycles. The molecule has 0 radical (unpaired) electrons. The molecular weight excluding hydrogens is 394 g/mol. The maximum absolute atomic E-state index is 12.4. The molecule has 2 fully saturated rings. The van der Waals surface area contributed by atoms with Crippen molar-refractivity contribution in [3.8, 4) is 0 Å². The second-order valence-electron chi connectivity index (χ2n) is 8.76. The molecule has 8 heteroatoms. The standard InChI is InChI=1S/C23H31N5O3/c1-16-13-28(23(31)26-22(16)30)15-21(29)25-20-8-7-19(20)24-18-9-11-27(12-10-18)14-17-5-3-2-4-6-17/h2-6,13,18-20,24H,7-12,14-15H2,1H3,(H,25,29)(H,26,30,31)/t19-,20+/m1/s1. The third-order valence-corrected chi connectivity index (χ3v) is 6.41. The van der Waals surface area contributed by atoms with Crippen LogP contribution in [0, 0.1) is 6.92 Å². The smallest absolute Gasteiger partial charge is 0.328 e. The van der Waals surface area contributed by atoms with Gasteiger partial charge < -0.3 is 10.6 Å². The average Bonchev–Trinajstić information content (AvgIpc) is 2.75. The predicted molar refractivity (Wildman–Crippen MR) is 119 cm³/mol. The highest BCUT2D eigenvalue weighted by Crippen LogP contribution is 2.23. The van der Waals surface area contributed by atoms with Crippen LogP contribution in [0.5, 0.6) is 0 Å². The number of benzene rings is 1. The summed E-state index contributed by atoms with van der Waals surface area (Å²) in [6.07, 6.45) is 5.63. The van der Waals surface area contributed by atoms with Crippen LogP contribution in [-0.2, 0) is 17.9 Å². The minimum Gasteiger partial charge on any atom is -0.350 e. The molecular formula is C23H31N5O3. The van der Waals surface area contributed by atoms with E-state index in [2.05, 4.69) is 44.8 Å². The molecule has 1 saturated heterocycles. The minimum absolute atomic E-state index is 0.0858. The van der Waals surface area contributed by atoms with Crippen molar-refractivity contribution in [3.05, 3.63) is 68.5 Å². The number of aryl methyl sites for hydroxylation is 1. The molecule has 2 aliphatic rings. The summed E-state index contributed by atoms with van der Waals surface area (Å²) in [4.78, 5) is 40.5. The fourth-order valence-corrected chi connectivity index (χ4v) is 4.42. The summed E-state index contributed by atoms with van der Waals surface area (Å²) in [6, 6.07) is 11.4. The zero-order valence-electron chi connectivity index (χ0n) is 18.0. The van der Waals surface area contributed by atoms with Crippen molar-refractivity contribution in [2.24, 2.45) is 0 Å². The number of aromatic amines is 1. The van der Waals surface area contributed by atoms with Crippen LogP contribution in [0.25, 0.3) is 0 Å². The first kappa shape index (κ1) is 21.5. The molecule has 2 atom stereocenters. The monoisotopic (exact) mass is 425 g/mol. The number of amides is 1. The molecule has 1 aromatic heterocycles. The molecule has 1 aliphatic carbocycles. The van der Waals surface area contributed by atoms with Crippen molar-refractivity contribution in [1.29, 1.82) is 0 Å². The lowest BCUT2D eigenvalue weighted by Gasteiger charge is -2.42. The number of carbonyl (C=O) groups is 1. The second kappa shape index (κ2) is 9.62. The van der Waals surface area contributed by atoms with E-state index >= 15 is 0 Å². The van der Waals surface area contributed by atoms with Crippen LogP contribution in [0.4, 0.5) is 0 Å².